The zero-order valence-electron chi connectivity index (χ0n) is 11.7. The second-order valence-electron chi connectivity index (χ2n) is 5.58. The van der Waals surface area contributed by atoms with Crippen molar-refractivity contribution in [1.29, 1.82) is 0 Å². The molecule has 2 nitrogen and oxygen atoms in total. The second-order valence-corrected chi connectivity index (χ2v) is 5.58. The fourth-order valence-corrected chi connectivity index (χ4v) is 3.58. The predicted molar refractivity (Wildman–Crippen MR) is 76.3 cm³/mol. The van der Waals surface area contributed by atoms with Crippen LogP contribution in [0.4, 0.5) is 0 Å². The van der Waals surface area contributed by atoms with Gasteiger partial charge in [0.15, 0.2) is 0 Å². The molecule has 0 bridgehead atoms. The molecule has 19 heavy (non-hydrogen) atoms. The van der Waals surface area contributed by atoms with Crippen molar-refractivity contribution in [2.45, 2.75) is 39.0 Å². The lowest BCUT2D eigenvalue weighted by atomic mass is 9.72. The Kier molecular flexibility index (Phi) is 3.17. The first-order valence-electron chi connectivity index (χ1n) is 7.10. The Morgan fingerprint density at radius 1 is 1.26 bits per heavy atom. The third-order valence-corrected chi connectivity index (χ3v) is 4.52. The average Bonchev–Trinajstić information content (AvgIpc) is 2.45. The van der Waals surface area contributed by atoms with Gasteiger partial charge in [-0.1, -0.05) is 11.6 Å². The number of rotatable bonds is 2. The summed E-state index contributed by atoms with van der Waals surface area (Å²) in [5.41, 5.74) is 5.59. The number of Topliss-reactive ketones (excluding diaryl/α,β-unsaturated/α-hetero) is 1. The number of hydrogen-bond acceptors (Lipinski definition) is 2. The van der Waals surface area contributed by atoms with Crippen LogP contribution in [0.25, 0.3) is 5.57 Å². The van der Waals surface area contributed by atoms with E-state index in [-0.39, 0.29) is 5.92 Å². The molecular formula is C17H20O2. The normalized spacial score (nSPS) is 21.7. The van der Waals surface area contributed by atoms with Crippen molar-refractivity contribution >= 4 is 11.4 Å². The third kappa shape index (κ3) is 2.09. The number of methoxy groups -OCH3 is 1. The van der Waals surface area contributed by atoms with Gasteiger partial charge >= 0.3 is 0 Å². The molecule has 100 valence electrons. The van der Waals surface area contributed by atoms with Gasteiger partial charge in [-0.3, -0.25) is 4.79 Å². The minimum atomic E-state index is 0.180. The Morgan fingerprint density at radius 2 is 2.11 bits per heavy atom. The van der Waals surface area contributed by atoms with Crippen LogP contribution in [0.5, 0.6) is 5.75 Å². The predicted octanol–water partition coefficient (Wildman–Crippen LogP) is 3.78. The van der Waals surface area contributed by atoms with Crippen LogP contribution in [0.3, 0.4) is 0 Å². The topological polar surface area (TPSA) is 26.3 Å². The summed E-state index contributed by atoms with van der Waals surface area (Å²) in [4.78, 5) is 11.8. The number of ketones is 1. The zero-order valence-corrected chi connectivity index (χ0v) is 11.7. The van der Waals surface area contributed by atoms with Crippen molar-refractivity contribution in [2.24, 2.45) is 5.92 Å². The van der Waals surface area contributed by atoms with Crippen molar-refractivity contribution < 1.29 is 9.53 Å². The fourth-order valence-electron chi connectivity index (χ4n) is 3.58. The fraction of sp³-hybridized carbons (Fsp3) is 0.471. The van der Waals surface area contributed by atoms with Crippen molar-refractivity contribution in [1.82, 2.24) is 0 Å². The molecular weight excluding hydrogens is 236 g/mol. The molecule has 3 rings (SSSR count). The molecule has 2 heteroatoms. The number of hydrogen-bond donors (Lipinski definition) is 0. The lowest BCUT2D eigenvalue weighted by Crippen LogP contribution is -2.22. The molecule has 1 atom stereocenters. The van der Waals surface area contributed by atoms with Gasteiger partial charge in [0, 0.05) is 5.92 Å². The monoisotopic (exact) mass is 256 g/mol. The average molecular weight is 256 g/mol. The van der Waals surface area contributed by atoms with Crippen molar-refractivity contribution in [3.05, 3.63) is 34.9 Å². The minimum Gasteiger partial charge on any atom is -0.497 e. The van der Waals surface area contributed by atoms with Crippen LogP contribution in [0.15, 0.2) is 23.8 Å². The molecule has 0 heterocycles. The highest BCUT2D eigenvalue weighted by Crippen LogP contribution is 2.43. The number of carbonyl (C=O) groups is 1. The molecule has 0 amide bonds. The highest BCUT2D eigenvalue weighted by Gasteiger charge is 2.30. The molecule has 1 aromatic carbocycles. The lowest BCUT2D eigenvalue weighted by molar-refractivity contribution is -0.120. The molecule has 0 fully saturated rings. The molecule has 0 saturated carbocycles. The van der Waals surface area contributed by atoms with E-state index in [1.165, 1.54) is 22.3 Å². The lowest BCUT2D eigenvalue weighted by Gasteiger charge is -2.32. The van der Waals surface area contributed by atoms with Crippen molar-refractivity contribution in [3.63, 3.8) is 0 Å². The van der Waals surface area contributed by atoms with E-state index < -0.39 is 0 Å². The van der Waals surface area contributed by atoms with Gasteiger partial charge in [-0.05, 0) is 67.9 Å². The van der Waals surface area contributed by atoms with Gasteiger partial charge in [0.25, 0.3) is 0 Å². The summed E-state index contributed by atoms with van der Waals surface area (Å²) in [5.74, 6) is 1.45. The smallest absolute Gasteiger partial charge is 0.136 e. The van der Waals surface area contributed by atoms with Gasteiger partial charge in [-0.25, -0.2) is 0 Å². The highest BCUT2D eigenvalue weighted by atomic mass is 16.5. The van der Waals surface area contributed by atoms with E-state index in [1.807, 2.05) is 6.07 Å². The van der Waals surface area contributed by atoms with Gasteiger partial charge in [0.1, 0.15) is 11.5 Å². The molecule has 0 saturated heterocycles. The number of fused-ring (bicyclic) bond motifs is 2. The molecule has 0 spiro atoms. The summed E-state index contributed by atoms with van der Waals surface area (Å²) in [5, 5.41) is 0. The van der Waals surface area contributed by atoms with E-state index in [1.54, 1.807) is 14.0 Å². The zero-order chi connectivity index (χ0) is 13.4. The Balaban J connectivity index is 2.07. The number of benzene rings is 1. The summed E-state index contributed by atoms with van der Waals surface area (Å²) in [7, 11) is 1.71. The van der Waals surface area contributed by atoms with Crippen LogP contribution in [0, 0.1) is 5.92 Å². The minimum absolute atomic E-state index is 0.180. The Morgan fingerprint density at radius 3 is 2.84 bits per heavy atom. The van der Waals surface area contributed by atoms with Crippen LogP contribution in [0.1, 0.15) is 43.7 Å². The maximum atomic E-state index is 11.8. The highest BCUT2D eigenvalue weighted by molar-refractivity contribution is 5.87. The second kappa shape index (κ2) is 4.84. The van der Waals surface area contributed by atoms with Crippen LogP contribution >= 0.6 is 0 Å². The maximum Gasteiger partial charge on any atom is 0.136 e. The summed E-state index contributed by atoms with van der Waals surface area (Å²) < 4.78 is 5.31. The first-order valence-corrected chi connectivity index (χ1v) is 7.10. The van der Waals surface area contributed by atoms with E-state index in [4.69, 9.17) is 4.74 Å². The summed E-state index contributed by atoms with van der Waals surface area (Å²) in [6.07, 6.45) is 5.38. The van der Waals surface area contributed by atoms with Crippen molar-refractivity contribution in [3.8, 4) is 5.75 Å². The largest absolute Gasteiger partial charge is 0.497 e. The number of allylic oxidation sites excluding steroid dienone is 2. The van der Waals surface area contributed by atoms with E-state index in [9.17, 15) is 4.79 Å². The van der Waals surface area contributed by atoms with E-state index >= 15 is 0 Å². The standard InChI is InChI=1S/C17H20O2/c1-11(18)14-4-3-5-16-15-9-7-13(19-2)10-12(15)6-8-17(14)16/h7,9-10,14H,3-6,8H2,1-2H3. The Hall–Kier alpha value is -1.57. The molecule has 0 N–H and O–H groups in total. The molecule has 2 aliphatic rings. The van der Waals surface area contributed by atoms with Crippen LogP contribution in [-0.4, -0.2) is 12.9 Å². The van der Waals surface area contributed by atoms with Gasteiger partial charge in [0.05, 0.1) is 7.11 Å². The number of carbonyl (C=O) groups excluding carboxylic acids is 1. The van der Waals surface area contributed by atoms with Crippen LogP contribution < -0.4 is 4.74 Å². The number of ether oxygens (including phenoxy) is 1. The van der Waals surface area contributed by atoms with Gasteiger partial charge in [-0.15, -0.1) is 0 Å². The molecule has 1 unspecified atom stereocenters. The van der Waals surface area contributed by atoms with Gasteiger partial charge in [0.2, 0.25) is 0 Å². The first kappa shape index (κ1) is 12.5. The summed E-state index contributed by atoms with van der Waals surface area (Å²) in [6.45, 7) is 1.74. The maximum absolute atomic E-state index is 11.8. The van der Waals surface area contributed by atoms with E-state index in [0.717, 1.165) is 37.9 Å². The van der Waals surface area contributed by atoms with Crippen LogP contribution in [-0.2, 0) is 11.2 Å². The summed E-state index contributed by atoms with van der Waals surface area (Å²) in [6, 6.07) is 6.35. The SMILES string of the molecule is COc1ccc2c(c1)CCC1=C2CCCC1C(C)=O. The molecule has 1 aromatic rings. The molecule has 0 aromatic heterocycles. The summed E-state index contributed by atoms with van der Waals surface area (Å²) >= 11 is 0. The Labute approximate surface area is 114 Å². The molecule has 2 aliphatic carbocycles. The molecule has 0 aliphatic heterocycles. The van der Waals surface area contributed by atoms with E-state index in [2.05, 4.69) is 12.1 Å². The van der Waals surface area contributed by atoms with Crippen LogP contribution in [0.2, 0.25) is 0 Å². The van der Waals surface area contributed by atoms with Crippen molar-refractivity contribution in [2.75, 3.05) is 7.11 Å². The quantitative estimate of drug-likeness (QED) is 0.805. The molecule has 0 radical (unpaired) electrons. The number of aryl methyl sites for hydroxylation is 1. The van der Waals surface area contributed by atoms with E-state index in [0.29, 0.717) is 5.78 Å². The Bertz CT molecular complexity index is 554. The van der Waals surface area contributed by atoms with Gasteiger partial charge in [-0.2, -0.15) is 0 Å². The third-order valence-electron chi connectivity index (χ3n) is 4.52. The first-order chi connectivity index (χ1) is 9.20. The van der Waals surface area contributed by atoms with Gasteiger partial charge < -0.3 is 4.74 Å².